The summed E-state index contributed by atoms with van der Waals surface area (Å²) in [5.74, 6) is 1.10. The number of thiazole rings is 1. The average Bonchev–Trinajstić information content (AvgIpc) is 3.45. The molecule has 0 aliphatic carbocycles. The van der Waals surface area contributed by atoms with Crippen molar-refractivity contribution >= 4 is 22.9 Å². The zero-order valence-electron chi connectivity index (χ0n) is 23.3. The number of benzene rings is 2. The van der Waals surface area contributed by atoms with Gasteiger partial charge >= 0.3 is 0 Å². The lowest BCUT2D eigenvalue weighted by Crippen LogP contribution is -2.31. The predicted molar refractivity (Wildman–Crippen MR) is 158 cm³/mol. The lowest BCUT2D eigenvalue weighted by Gasteiger charge is -2.13. The van der Waals surface area contributed by atoms with Crippen LogP contribution < -0.4 is 19.4 Å². The van der Waals surface area contributed by atoms with Crippen LogP contribution in [0, 0.1) is 0 Å². The molecule has 0 radical (unpaired) electrons. The van der Waals surface area contributed by atoms with Gasteiger partial charge in [0.2, 0.25) is 5.51 Å². The number of para-hydroxylation sites is 1. The monoisotopic (exact) mass is 537 g/mol. The second-order valence-corrected chi connectivity index (χ2v) is 10.7. The molecule has 0 aliphatic rings. The summed E-state index contributed by atoms with van der Waals surface area (Å²) in [4.78, 5) is 13.0. The third kappa shape index (κ3) is 10.5. The van der Waals surface area contributed by atoms with Crippen LogP contribution in [0.1, 0.15) is 99.9 Å². The second kappa shape index (κ2) is 17.6. The fourth-order valence-corrected chi connectivity index (χ4v) is 5.17. The molecule has 206 valence electrons. The topological polar surface area (TPSA) is 51.4 Å². The lowest BCUT2D eigenvalue weighted by molar-refractivity contribution is -0.683. The van der Waals surface area contributed by atoms with Crippen molar-refractivity contribution in [2.45, 2.75) is 90.5 Å². The van der Waals surface area contributed by atoms with Gasteiger partial charge in [-0.05, 0) is 30.7 Å². The number of unbranched alkanes of at least 4 members (excludes halogenated alkanes) is 11. The number of methoxy groups -OCH3 is 1. The van der Waals surface area contributed by atoms with Gasteiger partial charge in [-0.1, -0.05) is 107 Å². The number of amides is 1. The van der Waals surface area contributed by atoms with Gasteiger partial charge in [-0.15, -0.1) is 0 Å². The molecule has 0 spiro atoms. The van der Waals surface area contributed by atoms with Crippen molar-refractivity contribution in [1.82, 2.24) is 0 Å². The molecule has 6 heteroatoms. The molecule has 0 atom stereocenters. The van der Waals surface area contributed by atoms with Crippen LogP contribution in [0.2, 0.25) is 0 Å². The zero-order chi connectivity index (χ0) is 26.8. The summed E-state index contributed by atoms with van der Waals surface area (Å²) < 4.78 is 13.6. The molecule has 3 aromatic rings. The van der Waals surface area contributed by atoms with Crippen molar-refractivity contribution in [2.24, 2.45) is 0 Å². The number of nitrogens with one attached hydrogen (secondary N) is 1. The number of hydrogen-bond donors (Lipinski definition) is 1. The van der Waals surface area contributed by atoms with E-state index >= 15 is 0 Å². The quantitative estimate of drug-likeness (QED) is 0.123. The van der Waals surface area contributed by atoms with E-state index in [2.05, 4.69) is 22.3 Å². The van der Waals surface area contributed by atoms with Crippen LogP contribution in [0.15, 0.2) is 59.6 Å². The molecule has 0 unspecified atom stereocenters. The van der Waals surface area contributed by atoms with Crippen molar-refractivity contribution in [1.29, 1.82) is 0 Å². The molecule has 1 amide bonds. The van der Waals surface area contributed by atoms with Gasteiger partial charge in [0.15, 0.2) is 24.2 Å². The number of carbonyl (C=O) groups excluding carboxylic acids is 1. The molecule has 38 heavy (non-hydrogen) atoms. The van der Waals surface area contributed by atoms with Gasteiger partial charge in [0.25, 0.3) is 5.91 Å². The maximum atomic E-state index is 13.0. The molecule has 2 aromatic carbocycles. The third-order valence-electron chi connectivity index (χ3n) is 6.83. The van der Waals surface area contributed by atoms with E-state index in [9.17, 15) is 4.79 Å². The number of rotatable bonds is 19. The van der Waals surface area contributed by atoms with Gasteiger partial charge in [-0.3, -0.25) is 4.79 Å². The van der Waals surface area contributed by atoms with Gasteiger partial charge in [0.05, 0.1) is 24.8 Å². The normalized spacial score (nSPS) is 10.9. The molecule has 0 aliphatic heterocycles. The molecular weight excluding hydrogens is 492 g/mol. The minimum absolute atomic E-state index is 0.168. The largest absolute Gasteiger partial charge is 0.493 e. The van der Waals surface area contributed by atoms with E-state index < -0.39 is 0 Å². The Morgan fingerprint density at radius 3 is 2.21 bits per heavy atom. The number of ether oxygens (including phenoxy) is 2. The first-order valence-electron chi connectivity index (χ1n) is 14.3. The standard InChI is InChI=1S/C32H44N2O3S/c1-3-4-5-6-7-8-9-10-11-12-13-16-22-37-30-20-19-27(24-31(30)36-2)32(35)33-29-18-15-14-17-28(29)25-34-21-23-38-26-34/h14-15,17-21,23-24,26H,3-13,16,22,25H2,1-2H3/p+1. The van der Waals surface area contributed by atoms with Crippen LogP contribution >= 0.6 is 11.3 Å². The van der Waals surface area contributed by atoms with Crippen LogP contribution in [-0.4, -0.2) is 19.6 Å². The van der Waals surface area contributed by atoms with E-state index in [1.165, 1.54) is 70.6 Å². The highest BCUT2D eigenvalue weighted by Crippen LogP contribution is 2.29. The summed E-state index contributed by atoms with van der Waals surface area (Å²) >= 11 is 1.65. The highest BCUT2D eigenvalue weighted by atomic mass is 32.1. The first-order chi connectivity index (χ1) is 18.7. The van der Waals surface area contributed by atoms with Gasteiger partial charge in [-0.2, -0.15) is 4.57 Å². The Balaban J connectivity index is 1.38. The molecule has 1 aromatic heterocycles. The lowest BCUT2D eigenvalue weighted by atomic mass is 10.1. The van der Waals surface area contributed by atoms with Crippen molar-refractivity contribution in [3.63, 3.8) is 0 Å². The molecule has 0 fully saturated rings. The minimum Gasteiger partial charge on any atom is -0.493 e. The van der Waals surface area contributed by atoms with E-state index in [0.29, 0.717) is 30.2 Å². The number of hydrogen-bond acceptors (Lipinski definition) is 4. The Labute approximate surface area is 233 Å². The minimum atomic E-state index is -0.168. The maximum Gasteiger partial charge on any atom is 0.255 e. The summed E-state index contributed by atoms with van der Waals surface area (Å²) in [7, 11) is 1.61. The molecule has 1 N–H and O–H groups in total. The van der Waals surface area contributed by atoms with Gasteiger partial charge in [-0.25, -0.2) is 0 Å². The van der Waals surface area contributed by atoms with E-state index in [1.54, 1.807) is 30.6 Å². The summed E-state index contributed by atoms with van der Waals surface area (Å²) in [6, 6.07) is 13.3. The third-order valence-corrected chi connectivity index (χ3v) is 7.50. The molecular formula is C32H45N2O3S+. The van der Waals surface area contributed by atoms with E-state index in [1.807, 2.05) is 41.9 Å². The van der Waals surface area contributed by atoms with Crippen LogP contribution in [0.4, 0.5) is 5.69 Å². The van der Waals surface area contributed by atoms with E-state index in [-0.39, 0.29) is 5.91 Å². The maximum absolute atomic E-state index is 13.0. The Morgan fingerprint density at radius 1 is 0.868 bits per heavy atom. The average molecular weight is 538 g/mol. The Kier molecular flexibility index (Phi) is 13.8. The zero-order valence-corrected chi connectivity index (χ0v) is 24.1. The fraction of sp³-hybridized carbons (Fsp3) is 0.500. The van der Waals surface area contributed by atoms with Gasteiger partial charge < -0.3 is 14.8 Å². The summed E-state index contributed by atoms with van der Waals surface area (Å²) in [6.07, 6.45) is 17.9. The Morgan fingerprint density at radius 2 is 1.55 bits per heavy atom. The summed E-state index contributed by atoms with van der Waals surface area (Å²) in [5, 5.41) is 5.10. The number of anilines is 1. The van der Waals surface area contributed by atoms with Crippen molar-refractivity contribution in [3.8, 4) is 11.5 Å². The molecule has 0 bridgehead atoms. The Hall–Kier alpha value is -2.86. The van der Waals surface area contributed by atoms with Crippen LogP contribution in [0.3, 0.4) is 0 Å². The second-order valence-electron chi connectivity index (χ2n) is 9.91. The molecule has 3 rings (SSSR count). The van der Waals surface area contributed by atoms with Crippen LogP contribution in [0.5, 0.6) is 11.5 Å². The van der Waals surface area contributed by atoms with Crippen molar-refractivity contribution in [2.75, 3.05) is 19.0 Å². The highest BCUT2D eigenvalue weighted by Gasteiger charge is 2.14. The fourth-order valence-electron chi connectivity index (χ4n) is 4.58. The first kappa shape index (κ1) is 29.7. The summed E-state index contributed by atoms with van der Waals surface area (Å²) in [6.45, 7) is 3.63. The highest BCUT2D eigenvalue weighted by molar-refractivity contribution is 7.07. The number of aromatic nitrogens is 1. The smallest absolute Gasteiger partial charge is 0.255 e. The molecule has 0 saturated heterocycles. The van der Waals surface area contributed by atoms with Crippen molar-refractivity contribution in [3.05, 3.63) is 70.7 Å². The van der Waals surface area contributed by atoms with E-state index in [0.717, 1.165) is 17.7 Å². The number of nitrogens with zero attached hydrogens (tertiary/aromatic N) is 1. The van der Waals surface area contributed by atoms with E-state index in [4.69, 9.17) is 9.47 Å². The van der Waals surface area contributed by atoms with Gasteiger partial charge in [0, 0.05) is 11.1 Å². The van der Waals surface area contributed by atoms with Crippen molar-refractivity contribution < 1.29 is 18.8 Å². The Bertz CT molecular complexity index is 1070. The SMILES string of the molecule is CCCCCCCCCCCCCCOc1ccc(C(=O)Nc2ccccc2C[n+]2ccsc2)cc1OC. The number of carbonyl (C=O) groups is 1. The first-order valence-corrected chi connectivity index (χ1v) is 15.3. The summed E-state index contributed by atoms with van der Waals surface area (Å²) in [5.41, 5.74) is 4.46. The molecule has 5 nitrogen and oxygen atoms in total. The van der Waals surface area contributed by atoms with Gasteiger partial charge in [0.1, 0.15) is 0 Å². The molecule has 0 saturated carbocycles. The van der Waals surface area contributed by atoms with Crippen LogP contribution in [0.25, 0.3) is 0 Å². The predicted octanol–water partition coefficient (Wildman–Crippen LogP) is 8.42. The van der Waals surface area contributed by atoms with Crippen LogP contribution in [-0.2, 0) is 6.54 Å². The molecule has 1 heterocycles.